The van der Waals surface area contributed by atoms with Crippen molar-refractivity contribution in [2.75, 3.05) is 7.11 Å². The molecule has 1 aromatic heterocycles. The molecule has 1 heterocycles. The van der Waals surface area contributed by atoms with Crippen molar-refractivity contribution >= 4 is 29.2 Å². The maximum absolute atomic E-state index is 11.6. The minimum absolute atomic E-state index is 0.0614. The highest BCUT2D eigenvalue weighted by atomic mass is 35.5. The van der Waals surface area contributed by atoms with Crippen molar-refractivity contribution in [3.05, 3.63) is 39.5 Å². The molecule has 5 nitrogen and oxygen atoms in total. The van der Waals surface area contributed by atoms with Crippen molar-refractivity contribution < 1.29 is 14.3 Å². The molecule has 0 aliphatic carbocycles. The van der Waals surface area contributed by atoms with E-state index in [1.54, 1.807) is 22.9 Å². The summed E-state index contributed by atoms with van der Waals surface area (Å²) in [4.78, 5) is 11.6. The molecule has 0 atom stereocenters. The van der Waals surface area contributed by atoms with Gasteiger partial charge in [-0.1, -0.05) is 30.1 Å². The average Bonchev–Trinajstić information content (AvgIpc) is 2.83. The van der Waals surface area contributed by atoms with Crippen molar-refractivity contribution in [1.82, 2.24) is 9.78 Å². The molecule has 7 heteroatoms. The first-order valence-electron chi connectivity index (χ1n) is 7.66. The Hall–Kier alpha value is -1.72. The van der Waals surface area contributed by atoms with E-state index in [1.165, 1.54) is 7.11 Å². The summed E-state index contributed by atoms with van der Waals surface area (Å²) in [5.74, 6) is 0.772. The van der Waals surface area contributed by atoms with Crippen LogP contribution in [-0.2, 0) is 22.4 Å². The second-order valence-electron chi connectivity index (χ2n) is 5.58. The van der Waals surface area contributed by atoms with Crippen LogP contribution in [0.2, 0.25) is 10.0 Å². The minimum atomic E-state index is -0.338. The van der Waals surface area contributed by atoms with Crippen molar-refractivity contribution in [3.63, 3.8) is 0 Å². The van der Waals surface area contributed by atoms with Crippen LogP contribution in [0.1, 0.15) is 38.1 Å². The lowest BCUT2D eigenvalue weighted by Crippen LogP contribution is -2.08. The Morgan fingerprint density at radius 2 is 1.88 bits per heavy atom. The van der Waals surface area contributed by atoms with Crippen LogP contribution in [0, 0.1) is 0 Å². The number of methoxy groups -OCH3 is 1. The Labute approximate surface area is 151 Å². The third-order valence-corrected chi connectivity index (χ3v) is 3.91. The van der Waals surface area contributed by atoms with Gasteiger partial charge >= 0.3 is 5.97 Å². The summed E-state index contributed by atoms with van der Waals surface area (Å²) >= 11 is 12.1. The molecule has 0 radical (unpaired) electrons. The zero-order valence-corrected chi connectivity index (χ0v) is 15.6. The number of ether oxygens (including phenoxy) is 2. The van der Waals surface area contributed by atoms with Crippen LogP contribution < -0.4 is 4.74 Å². The summed E-state index contributed by atoms with van der Waals surface area (Å²) in [6.45, 7) is 5.97. The predicted octanol–water partition coefficient (Wildman–Crippen LogP) is 4.84. The Balaban J connectivity index is 2.47. The average molecular weight is 371 g/mol. The van der Waals surface area contributed by atoms with E-state index in [4.69, 9.17) is 32.7 Å². The van der Waals surface area contributed by atoms with Gasteiger partial charge < -0.3 is 9.47 Å². The standard InChI is InChI=1S/C17H20Cl2N2O3/c1-5-14-15(9-16(22)23-4)20-21(10(2)3)17(14)24-13-7-11(18)6-12(19)8-13/h6-8,10H,5,9H2,1-4H3. The van der Waals surface area contributed by atoms with Crippen LogP contribution in [0.3, 0.4) is 0 Å². The molecule has 1 aromatic carbocycles. The highest BCUT2D eigenvalue weighted by Crippen LogP contribution is 2.33. The fraction of sp³-hybridized carbons (Fsp3) is 0.412. The van der Waals surface area contributed by atoms with Gasteiger partial charge in [0.1, 0.15) is 5.75 Å². The number of halogens is 2. The number of carbonyl (C=O) groups excluding carboxylic acids is 1. The molecule has 0 aliphatic heterocycles. The van der Waals surface area contributed by atoms with Crippen molar-refractivity contribution in [2.24, 2.45) is 0 Å². The first kappa shape index (κ1) is 18.6. The maximum Gasteiger partial charge on any atom is 0.311 e. The molecule has 0 saturated carbocycles. The van der Waals surface area contributed by atoms with E-state index >= 15 is 0 Å². The number of aromatic nitrogens is 2. The Kier molecular flexibility index (Phi) is 6.13. The summed E-state index contributed by atoms with van der Waals surface area (Å²) in [6, 6.07) is 5.07. The van der Waals surface area contributed by atoms with E-state index < -0.39 is 0 Å². The number of benzene rings is 1. The van der Waals surface area contributed by atoms with Crippen LogP contribution >= 0.6 is 23.2 Å². The molecule has 0 saturated heterocycles. The lowest BCUT2D eigenvalue weighted by Gasteiger charge is -2.13. The summed E-state index contributed by atoms with van der Waals surface area (Å²) in [6.07, 6.45) is 0.773. The Bertz CT molecular complexity index is 721. The molecule has 130 valence electrons. The molecular formula is C17H20Cl2N2O3. The Morgan fingerprint density at radius 1 is 1.25 bits per heavy atom. The molecule has 0 spiro atoms. The number of hydrogen-bond acceptors (Lipinski definition) is 4. The largest absolute Gasteiger partial charge is 0.469 e. The van der Waals surface area contributed by atoms with Gasteiger partial charge in [0, 0.05) is 15.6 Å². The van der Waals surface area contributed by atoms with E-state index in [0.29, 0.717) is 33.8 Å². The highest BCUT2D eigenvalue weighted by Gasteiger charge is 2.22. The first-order valence-corrected chi connectivity index (χ1v) is 8.42. The van der Waals surface area contributed by atoms with Crippen LogP contribution in [0.4, 0.5) is 0 Å². The van der Waals surface area contributed by atoms with E-state index in [9.17, 15) is 4.79 Å². The van der Waals surface area contributed by atoms with Crippen LogP contribution in [0.15, 0.2) is 18.2 Å². The third-order valence-electron chi connectivity index (χ3n) is 3.48. The summed E-state index contributed by atoms with van der Waals surface area (Å²) in [7, 11) is 1.36. The molecule has 24 heavy (non-hydrogen) atoms. The van der Waals surface area contributed by atoms with Crippen molar-refractivity contribution in [1.29, 1.82) is 0 Å². The van der Waals surface area contributed by atoms with Gasteiger partial charge in [-0.2, -0.15) is 5.10 Å². The highest BCUT2D eigenvalue weighted by molar-refractivity contribution is 6.34. The van der Waals surface area contributed by atoms with Crippen LogP contribution in [0.5, 0.6) is 11.6 Å². The molecule has 2 aromatic rings. The van der Waals surface area contributed by atoms with Crippen LogP contribution in [-0.4, -0.2) is 22.9 Å². The fourth-order valence-electron chi connectivity index (χ4n) is 2.36. The van der Waals surface area contributed by atoms with Gasteiger partial charge in [0.25, 0.3) is 0 Å². The van der Waals surface area contributed by atoms with Gasteiger partial charge in [-0.05, 0) is 38.5 Å². The number of rotatable bonds is 6. The lowest BCUT2D eigenvalue weighted by atomic mass is 10.1. The number of hydrogen-bond donors (Lipinski definition) is 0. The smallest absolute Gasteiger partial charge is 0.311 e. The van der Waals surface area contributed by atoms with Crippen molar-refractivity contribution in [2.45, 2.75) is 39.7 Å². The zero-order valence-electron chi connectivity index (χ0n) is 14.1. The number of nitrogens with zero attached hydrogens (tertiary/aromatic N) is 2. The molecule has 0 unspecified atom stereocenters. The molecule has 0 fully saturated rings. The number of esters is 1. The number of carbonyl (C=O) groups is 1. The minimum Gasteiger partial charge on any atom is -0.469 e. The van der Waals surface area contributed by atoms with Crippen LogP contribution in [0.25, 0.3) is 0 Å². The first-order chi connectivity index (χ1) is 11.3. The summed E-state index contributed by atoms with van der Waals surface area (Å²) < 4.78 is 12.5. The van der Waals surface area contributed by atoms with E-state index in [2.05, 4.69) is 5.10 Å². The second-order valence-corrected chi connectivity index (χ2v) is 6.46. The maximum atomic E-state index is 11.6. The fourth-order valence-corrected chi connectivity index (χ4v) is 2.87. The van der Waals surface area contributed by atoms with E-state index in [0.717, 1.165) is 5.56 Å². The predicted molar refractivity (Wildman–Crippen MR) is 94.2 cm³/mol. The quantitative estimate of drug-likeness (QED) is 0.682. The summed E-state index contributed by atoms with van der Waals surface area (Å²) in [5, 5.41) is 5.51. The molecule has 0 aliphatic rings. The third kappa shape index (κ3) is 4.22. The Morgan fingerprint density at radius 3 is 2.38 bits per heavy atom. The SMILES string of the molecule is CCc1c(CC(=O)OC)nn(C(C)C)c1Oc1cc(Cl)cc(Cl)c1. The van der Waals surface area contributed by atoms with Gasteiger partial charge in [-0.3, -0.25) is 4.79 Å². The van der Waals surface area contributed by atoms with Crippen molar-refractivity contribution in [3.8, 4) is 11.6 Å². The molecule has 2 rings (SSSR count). The molecular weight excluding hydrogens is 351 g/mol. The molecule has 0 amide bonds. The molecule has 0 N–H and O–H groups in total. The van der Waals surface area contributed by atoms with E-state index in [1.807, 2.05) is 20.8 Å². The summed E-state index contributed by atoms with van der Waals surface area (Å²) in [5.41, 5.74) is 1.52. The lowest BCUT2D eigenvalue weighted by molar-refractivity contribution is -0.139. The van der Waals surface area contributed by atoms with Gasteiger partial charge in [-0.15, -0.1) is 0 Å². The zero-order chi connectivity index (χ0) is 17.9. The van der Waals surface area contributed by atoms with Gasteiger partial charge in [0.15, 0.2) is 0 Å². The van der Waals surface area contributed by atoms with E-state index in [-0.39, 0.29) is 18.4 Å². The van der Waals surface area contributed by atoms with Gasteiger partial charge in [0.05, 0.1) is 25.3 Å². The second kappa shape index (κ2) is 7.90. The monoisotopic (exact) mass is 370 g/mol. The topological polar surface area (TPSA) is 53.3 Å². The van der Waals surface area contributed by atoms with Gasteiger partial charge in [-0.25, -0.2) is 4.68 Å². The normalized spacial score (nSPS) is 11.0. The van der Waals surface area contributed by atoms with Gasteiger partial charge in [0.2, 0.25) is 5.88 Å². The molecule has 0 bridgehead atoms.